The van der Waals surface area contributed by atoms with Gasteiger partial charge in [-0.15, -0.1) is 0 Å². The second-order valence-corrected chi connectivity index (χ2v) is 7.48. The highest BCUT2D eigenvalue weighted by Gasteiger charge is 2.42. The summed E-state index contributed by atoms with van der Waals surface area (Å²) >= 11 is 0. The highest BCUT2D eigenvalue weighted by atomic mass is 16.5. The van der Waals surface area contributed by atoms with Crippen LogP contribution in [0.5, 0.6) is 5.75 Å². The number of rotatable bonds is 6. The van der Waals surface area contributed by atoms with E-state index < -0.39 is 0 Å². The first-order valence-electron chi connectivity index (χ1n) is 10.4. The molecule has 2 amide bonds. The zero-order valence-electron chi connectivity index (χ0n) is 17.4. The molecule has 1 saturated heterocycles. The van der Waals surface area contributed by atoms with E-state index in [1.165, 1.54) is 4.90 Å². The van der Waals surface area contributed by atoms with Crippen molar-refractivity contribution in [2.45, 2.75) is 20.3 Å². The van der Waals surface area contributed by atoms with Crippen molar-refractivity contribution in [3.05, 3.63) is 65.4 Å². The van der Waals surface area contributed by atoms with Crippen LogP contribution in [0.1, 0.15) is 24.5 Å². The third kappa shape index (κ3) is 3.83. The largest absolute Gasteiger partial charge is 0.494 e. The predicted molar refractivity (Wildman–Crippen MR) is 115 cm³/mol. The lowest BCUT2D eigenvalue weighted by atomic mass is 10.0. The van der Waals surface area contributed by atoms with Crippen molar-refractivity contribution in [2.75, 3.05) is 37.8 Å². The van der Waals surface area contributed by atoms with Crippen molar-refractivity contribution in [1.29, 1.82) is 0 Å². The van der Waals surface area contributed by atoms with E-state index in [9.17, 15) is 9.59 Å². The van der Waals surface area contributed by atoms with Gasteiger partial charge < -0.3 is 14.4 Å². The zero-order valence-corrected chi connectivity index (χ0v) is 17.4. The molecule has 0 spiro atoms. The van der Waals surface area contributed by atoms with Gasteiger partial charge in [0.1, 0.15) is 11.4 Å². The second kappa shape index (κ2) is 8.71. The molecule has 2 aliphatic heterocycles. The van der Waals surface area contributed by atoms with E-state index >= 15 is 0 Å². The number of hydrogen-bond acceptors (Lipinski definition) is 5. The van der Waals surface area contributed by atoms with Crippen LogP contribution in [0.3, 0.4) is 0 Å². The van der Waals surface area contributed by atoms with Gasteiger partial charge in [0.05, 0.1) is 31.1 Å². The summed E-state index contributed by atoms with van der Waals surface area (Å²) in [5.74, 6) is 0.168. The van der Waals surface area contributed by atoms with Gasteiger partial charge in [0.25, 0.3) is 11.8 Å². The number of imide groups is 1. The van der Waals surface area contributed by atoms with E-state index in [-0.39, 0.29) is 11.8 Å². The molecule has 2 aromatic carbocycles. The number of ether oxygens (including phenoxy) is 2. The van der Waals surface area contributed by atoms with Gasteiger partial charge in [0.2, 0.25) is 0 Å². The van der Waals surface area contributed by atoms with Crippen LogP contribution in [0.2, 0.25) is 0 Å². The van der Waals surface area contributed by atoms with E-state index in [0.717, 1.165) is 17.7 Å². The third-order valence-electron chi connectivity index (χ3n) is 5.29. The first kappa shape index (κ1) is 20.2. The smallest absolute Gasteiger partial charge is 0.282 e. The Morgan fingerprint density at radius 1 is 0.933 bits per heavy atom. The molecule has 4 rings (SSSR count). The van der Waals surface area contributed by atoms with Crippen LogP contribution < -0.4 is 9.64 Å². The summed E-state index contributed by atoms with van der Waals surface area (Å²) in [4.78, 5) is 30.1. The Morgan fingerprint density at radius 2 is 1.60 bits per heavy atom. The quantitative estimate of drug-likeness (QED) is 0.688. The first-order chi connectivity index (χ1) is 14.6. The molecule has 0 aliphatic carbocycles. The van der Waals surface area contributed by atoms with Gasteiger partial charge in [0.15, 0.2) is 0 Å². The maximum absolute atomic E-state index is 13.5. The standard InChI is InChI=1S/C24H26N2O4/c1-3-14-30-20-10-6-18(7-11-20)21-22(25-12-15-29-16-13-25)24(28)26(23(21)27)19-8-4-17(2)5-9-19/h4-11H,3,12-16H2,1-2H3. The van der Waals surface area contributed by atoms with Crippen LogP contribution in [0.15, 0.2) is 54.2 Å². The van der Waals surface area contributed by atoms with Crippen LogP contribution >= 0.6 is 0 Å². The molecule has 0 saturated carbocycles. The van der Waals surface area contributed by atoms with Crippen LogP contribution in [0.25, 0.3) is 5.57 Å². The molecule has 0 aromatic heterocycles. The first-order valence-corrected chi connectivity index (χ1v) is 10.4. The number of amides is 2. The maximum Gasteiger partial charge on any atom is 0.282 e. The Morgan fingerprint density at radius 3 is 2.23 bits per heavy atom. The normalized spacial score (nSPS) is 17.1. The van der Waals surface area contributed by atoms with Gasteiger partial charge in [-0.1, -0.05) is 36.8 Å². The molecule has 1 fully saturated rings. The summed E-state index contributed by atoms with van der Waals surface area (Å²) in [5, 5.41) is 0. The fourth-order valence-corrected chi connectivity index (χ4v) is 3.72. The van der Waals surface area contributed by atoms with Crippen LogP contribution in [-0.2, 0) is 14.3 Å². The molecule has 0 unspecified atom stereocenters. The molecule has 2 aromatic rings. The number of morpholine rings is 1. The summed E-state index contributed by atoms with van der Waals surface area (Å²) in [7, 11) is 0. The van der Waals surface area contributed by atoms with Crippen molar-refractivity contribution >= 4 is 23.1 Å². The molecule has 0 bridgehead atoms. The molecule has 0 atom stereocenters. The van der Waals surface area contributed by atoms with Crippen LogP contribution in [-0.4, -0.2) is 49.6 Å². The predicted octanol–water partition coefficient (Wildman–Crippen LogP) is 3.40. The lowest BCUT2D eigenvalue weighted by molar-refractivity contribution is -0.121. The monoisotopic (exact) mass is 406 g/mol. The summed E-state index contributed by atoms with van der Waals surface area (Å²) in [6.45, 7) is 6.89. The van der Waals surface area contributed by atoms with E-state index in [1.54, 1.807) is 0 Å². The van der Waals surface area contributed by atoms with Crippen LogP contribution in [0, 0.1) is 6.92 Å². The minimum absolute atomic E-state index is 0.285. The zero-order chi connectivity index (χ0) is 21.1. The number of carbonyl (C=O) groups excluding carboxylic acids is 2. The lowest BCUT2D eigenvalue weighted by Gasteiger charge is -2.29. The topological polar surface area (TPSA) is 59.1 Å². The SMILES string of the molecule is CCCOc1ccc(C2=C(N3CCOCC3)C(=O)N(c3ccc(C)cc3)C2=O)cc1. The lowest BCUT2D eigenvalue weighted by Crippen LogP contribution is -2.40. The highest BCUT2D eigenvalue weighted by Crippen LogP contribution is 2.35. The van der Waals surface area contributed by atoms with E-state index in [0.29, 0.717) is 55.4 Å². The third-order valence-corrected chi connectivity index (χ3v) is 5.29. The Balaban J connectivity index is 1.74. The summed E-state index contributed by atoms with van der Waals surface area (Å²) < 4.78 is 11.1. The van der Waals surface area contributed by atoms with Crippen molar-refractivity contribution in [3.8, 4) is 5.75 Å². The Kier molecular flexibility index (Phi) is 5.86. The molecule has 2 heterocycles. The highest BCUT2D eigenvalue weighted by molar-refractivity contribution is 6.45. The van der Waals surface area contributed by atoms with Crippen molar-refractivity contribution in [3.63, 3.8) is 0 Å². The summed E-state index contributed by atoms with van der Waals surface area (Å²) in [6.07, 6.45) is 0.923. The van der Waals surface area contributed by atoms with Gasteiger partial charge in [-0.05, 0) is 43.2 Å². The Bertz CT molecular complexity index is 958. The van der Waals surface area contributed by atoms with Gasteiger partial charge >= 0.3 is 0 Å². The number of aryl methyl sites for hydroxylation is 1. The molecular formula is C24H26N2O4. The fraction of sp³-hybridized carbons (Fsp3) is 0.333. The molecule has 6 nitrogen and oxygen atoms in total. The second-order valence-electron chi connectivity index (χ2n) is 7.48. The Hall–Kier alpha value is -3.12. The number of nitrogens with zero attached hydrogens (tertiary/aromatic N) is 2. The number of hydrogen-bond donors (Lipinski definition) is 0. The summed E-state index contributed by atoms with van der Waals surface area (Å²) in [6, 6.07) is 14.8. The molecule has 30 heavy (non-hydrogen) atoms. The summed E-state index contributed by atoms with van der Waals surface area (Å²) in [5.41, 5.74) is 3.25. The minimum atomic E-state index is -0.299. The van der Waals surface area contributed by atoms with Crippen molar-refractivity contribution in [1.82, 2.24) is 4.90 Å². The molecule has 156 valence electrons. The molecule has 0 N–H and O–H groups in total. The Labute approximate surface area is 176 Å². The number of carbonyl (C=O) groups is 2. The van der Waals surface area contributed by atoms with Crippen LogP contribution in [0.4, 0.5) is 5.69 Å². The van der Waals surface area contributed by atoms with E-state index in [4.69, 9.17) is 9.47 Å². The molecule has 2 aliphatic rings. The average molecular weight is 406 g/mol. The molecular weight excluding hydrogens is 380 g/mol. The number of anilines is 1. The van der Waals surface area contributed by atoms with Gasteiger partial charge in [-0.3, -0.25) is 9.59 Å². The average Bonchev–Trinajstić information content (AvgIpc) is 3.04. The molecule has 6 heteroatoms. The molecule has 0 radical (unpaired) electrons. The van der Waals surface area contributed by atoms with Gasteiger partial charge in [-0.2, -0.15) is 0 Å². The van der Waals surface area contributed by atoms with E-state index in [1.807, 2.05) is 60.4 Å². The fourth-order valence-electron chi connectivity index (χ4n) is 3.72. The maximum atomic E-state index is 13.5. The van der Waals surface area contributed by atoms with E-state index in [2.05, 4.69) is 6.92 Å². The van der Waals surface area contributed by atoms with Gasteiger partial charge in [0, 0.05) is 13.1 Å². The number of benzene rings is 2. The minimum Gasteiger partial charge on any atom is -0.494 e. The van der Waals surface area contributed by atoms with Gasteiger partial charge in [-0.25, -0.2) is 4.90 Å². The van der Waals surface area contributed by atoms with Crippen molar-refractivity contribution in [2.24, 2.45) is 0 Å². The van der Waals surface area contributed by atoms with Crippen molar-refractivity contribution < 1.29 is 19.1 Å².